The van der Waals surface area contributed by atoms with Crippen molar-refractivity contribution in [2.75, 3.05) is 6.61 Å². The van der Waals surface area contributed by atoms with E-state index in [0.29, 0.717) is 11.6 Å². The predicted octanol–water partition coefficient (Wildman–Crippen LogP) is 2.08. The Hall–Kier alpha value is -0.420. The van der Waals surface area contributed by atoms with Gasteiger partial charge in [-0.3, -0.25) is 0 Å². The minimum Gasteiger partial charge on any atom is -0.459 e. The highest BCUT2D eigenvalue weighted by Crippen LogP contribution is 2.07. The quantitative estimate of drug-likeness (QED) is 0.609. The third kappa shape index (κ3) is 2.91. The number of alkyl halides is 1. The minimum atomic E-state index is -0.351. The van der Waals surface area contributed by atoms with Crippen molar-refractivity contribution in [3.63, 3.8) is 0 Å². The molecule has 0 spiro atoms. The molecule has 1 aromatic rings. The summed E-state index contributed by atoms with van der Waals surface area (Å²) in [5.74, 6) is -0.351. The van der Waals surface area contributed by atoms with E-state index in [-0.39, 0.29) is 10.8 Å². The summed E-state index contributed by atoms with van der Waals surface area (Å²) in [6.45, 7) is 2.29. The molecule has 1 heterocycles. The monoisotopic (exact) mass is 249 g/mol. The number of carbonyl (C=O) groups excluding carboxylic acids is 1. The van der Waals surface area contributed by atoms with E-state index in [1.807, 2.05) is 6.92 Å². The molecule has 66 valence electrons. The molecule has 0 amide bonds. The molecule has 3 nitrogen and oxygen atoms in total. The van der Waals surface area contributed by atoms with Gasteiger partial charge in [-0.1, -0.05) is 15.9 Å². The molecule has 0 aromatic carbocycles. The molecule has 0 aliphatic carbocycles. The van der Waals surface area contributed by atoms with E-state index >= 15 is 0 Å². The van der Waals surface area contributed by atoms with Crippen molar-refractivity contribution in [2.24, 2.45) is 0 Å². The number of esters is 1. The van der Waals surface area contributed by atoms with E-state index in [4.69, 9.17) is 4.74 Å². The van der Waals surface area contributed by atoms with E-state index in [1.54, 1.807) is 11.6 Å². The van der Waals surface area contributed by atoms with Gasteiger partial charge in [0.1, 0.15) is 6.61 Å². The van der Waals surface area contributed by atoms with Crippen molar-refractivity contribution in [1.82, 2.24) is 4.98 Å². The molecule has 12 heavy (non-hydrogen) atoms. The van der Waals surface area contributed by atoms with Gasteiger partial charge in [0.2, 0.25) is 5.01 Å². The molecule has 0 saturated heterocycles. The van der Waals surface area contributed by atoms with Gasteiger partial charge in [0, 0.05) is 16.4 Å². The molecule has 0 saturated carbocycles. The van der Waals surface area contributed by atoms with Crippen molar-refractivity contribution in [3.05, 3.63) is 16.6 Å². The fourth-order valence-electron chi connectivity index (χ4n) is 0.577. The van der Waals surface area contributed by atoms with Crippen LogP contribution < -0.4 is 0 Å². The number of ether oxygens (including phenoxy) is 1. The topological polar surface area (TPSA) is 39.2 Å². The number of carbonyl (C=O) groups is 1. The molecule has 1 aromatic heterocycles. The number of thiazole rings is 1. The Kier molecular flexibility index (Phi) is 3.68. The van der Waals surface area contributed by atoms with E-state index < -0.39 is 0 Å². The fraction of sp³-hybridized carbons (Fsp3) is 0.429. The minimum absolute atomic E-state index is 0.182. The maximum atomic E-state index is 11.1. The van der Waals surface area contributed by atoms with Crippen LogP contribution in [0, 0.1) is 0 Å². The van der Waals surface area contributed by atoms with Crippen LogP contribution in [-0.2, 0) is 4.74 Å². The van der Waals surface area contributed by atoms with Crippen LogP contribution >= 0.6 is 27.3 Å². The van der Waals surface area contributed by atoms with Crippen LogP contribution in [-0.4, -0.2) is 22.4 Å². The number of halogens is 1. The molecule has 0 aliphatic heterocycles. The Balaban J connectivity index is 2.40. The van der Waals surface area contributed by atoms with Gasteiger partial charge < -0.3 is 4.74 Å². The molecule has 0 fully saturated rings. The zero-order chi connectivity index (χ0) is 8.97. The Morgan fingerprint density at radius 3 is 3.17 bits per heavy atom. The summed E-state index contributed by atoms with van der Waals surface area (Å²) in [7, 11) is 0. The third-order valence-corrected chi connectivity index (χ3v) is 2.07. The van der Waals surface area contributed by atoms with Gasteiger partial charge in [0.25, 0.3) is 0 Å². The summed E-state index contributed by atoms with van der Waals surface area (Å²) in [5.41, 5.74) is 0. The lowest BCUT2D eigenvalue weighted by atomic mass is 10.5. The molecular weight excluding hydrogens is 242 g/mol. The summed E-state index contributed by atoms with van der Waals surface area (Å²) in [5, 5.41) is 2.15. The highest BCUT2D eigenvalue weighted by molar-refractivity contribution is 9.09. The zero-order valence-corrected chi connectivity index (χ0v) is 8.89. The smallest absolute Gasteiger partial charge is 0.367 e. The number of hydrogen-bond acceptors (Lipinski definition) is 4. The first-order valence-corrected chi connectivity index (χ1v) is 5.20. The average molecular weight is 250 g/mol. The van der Waals surface area contributed by atoms with Gasteiger partial charge in [0.05, 0.1) is 0 Å². The normalized spacial score (nSPS) is 12.5. The van der Waals surface area contributed by atoms with Gasteiger partial charge in [-0.25, -0.2) is 9.78 Å². The third-order valence-electron chi connectivity index (χ3n) is 1.05. The Morgan fingerprint density at radius 1 is 1.92 bits per heavy atom. The lowest BCUT2D eigenvalue weighted by molar-refractivity contribution is 0.0511. The van der Waals surface area contributed by atoms with Crippen LogP contribution in [0.1, 0.15) is 16.7 Å². The highest BCUT2D eigenvalue weighted by Gasteiger charge is 2.10. The summed E-state index contributed by atoms with van der Waals surface area (Å²) in [6.07, 6.45) is 1.58. The van der Waals surface area contributed by atoms with Crippen LogP contribution in [0.5, 0.6) is 0 Å². The van der Waals surface area contributed by atoms with E-state index in [9.17, 15) is 4.79 Å². The molecule has 0 radical (unpaired) electrons. The Morgan fingerprint density at radius 2 is 2.67 bits per heavy atom. The van der Waals surface area contributed by atoms with Crippen molar-refractivity contribution >= 4 is 33.2 Å². The zero-order valence-electron chi connectivity index (χ0n) is 6.49. The van der Waals surface area contributed by atoms with Crippen LogP contribution in [0.3, 0.4) is 0 Å². The first-order chi connectivity index (χ1) is 5.70. The van der Waals surface area contributed by atoms with Gasteiger partial charge >= 0.3 is 5.97 Å². The Labute approximate surface area is 82.9 Å². The molecule has 0 bridgehead atoms. The first-order valence-electron chi connectivity index (χ1n) is 3.41. The maximum absolute atomic E-state index is 11.1. The summed E-state index contributed by atoms with van der Waals surface area (Å²) in [4.78, 5) is 15.1. The van der Waals surface area contributed by atoms with E-state index in [1.165, 1.54) is 11.3 Å². The summed E-state index contributed by atoms with van der Waals surface area (Å²) < 4.78 is 4.91. The van der Waals surface area contributed by atoms with Crippen LogP contribution in [0.4, 0.5) is 0 Å². The van der Waals surface area contributed by atoms with Crippen molar-refractivity contribution < 1.29 is 9.53 Å². The van der Waals surface area contributed by atoms with E-state index in [2.05, 4.69) is 20.9 Å². The second-order valence-electron chi connectivity index (χ2n) is 2.22. The highest BCUT2D eigenvalue weighted by atomic mass is 79.9. The SMILES string of the molecule is CC(Br)COC(=O)c1nccs1. The van der Waals surface area contributed by atoms with Crippen LogP contribution in [0.15, 0.2) is 11.6 Å². The van der Waals surface area contributed by atoms with Crippen LogP contribution in [0.25, 0.3) is 0 Å². The van der Waals surface area contributed by atoms with Gasteiger partial charge in [0.15, 0.2) is 0 Å². The van der Waals surface area contributed by atoms with Crippen molar-refractivity contribution in [1.29, 1.82) is 0 Å². The van der Waals surface area contributed by atoms with Gasteiger partial charge in [-0.2, -0.15) is 0 Å². The number of aromatic nitrogens is 1. The Bertz CT molecular complexity index is 248. The second-order valence-corrected chi connectivity index (χ2v) is 4.67. The predicted molar refractivity (Wildman–Crippen MR) is 50.8 cm³/mol. The maximum Gasteiger partial charge on any atom is 0.367 e. The van der Waals surface area contributed by atoms with Gasteiger partial charge in [-0.05, 0) is 6.92 Å². The fourth-order valence-corrected chi connectivity index (χ4v) is 1.24. The second kappa shape index (κ2) is 4.57. The van der Waals surface area contributed by atoms with Crippen molar-refractivity contribution in [3.8, 4) is 0 Å². The molecule has 0 aliphatic rings. The molecular formula is C7H8BrNO2S. The largest absolute Gasteiger partial charge is 0.459 e. The molecule has 1 unspecified atom stereocenters. The molecule has 5 heteroatoms. The number of nitrogens with zero attached hydrogens (tertiary/aromatic N) is 1. The first kappa shape index (κ1) is 9.67. The van der Waals surface area contributed by atoms with Crippen molar-refractivity contribution in [2.45, 2.75) is 11.8 Å². The molecule has 1 atom stereocenters. The summed E-state index contributed by atoms with van der Waals surface area (Å²) in [6, 6.07) is 0. The number of rotatable bonds is 3. The van der Waals surface area contributed by atoms with Gasteiger partial charge in [-0.15, -0.1) is 11.3 Å². The average Bonchev–Trinajstić information content (AvgIpc) is 2.51. The lowest BCUT2D eigenvalue weighted by Gasteiger charge is -2.02. The van der Waals surface area contributed by atoms with Crippen LogP contribution in [0.2, 0.25) is 0 Å². The molecule has 1 rings (SSSR count). The molecule has 0 N–H and O–H groups in total. The van der Waals surface area contributed by atoms with E-state index in [0.717, 1.165) is 0 Å². The number of hydrogen-bond donors (Lipinski definition) is 0. The standard InChI is InChI=1S/C7H8BrNO2S/c1-5(8)4-11-7(10)6-9-2-3-12-6/h2-3,5H,4H2,1H3. The summed E-state index contributed by atoms with van der Waals surface area (Å²) >= 11 is 4.55. The lowest BCUT2D eigenvalue weighted by Crippen LogP contribution is -2.11.